The summed E-state index contributed by atoms with van der Waals surface area (Å²) in [6, 6.07) is -0.496. The maximum atomic E-state index is 13.0. The summed E-state index contributed by atoms with van der Waals surface area (Å²) in [7, 11) is 4.67. The largest absolute Gasteiger partial charge is 0.384 e. The van der Waals surface area contributed by atoms with Gasteiger partial charge in [-0.3, -0.25) is 28.3 Å². The highest BCUT2D eigenvalue weighted by Gasteiger charge is 2.33. The highest BCUT2D eigenvalue weighted by atomic mass is 16.2. The van der Waals surface area contributed by atoms with Crippen LogP contribution in [-0.4, -0.2) is 48.7 Å². The van der Waals surface area contributed by atoms with Gasteiger partial charge in [-0.15, -0.1) is 0 Å². The summed E-state index contributed by atoms with van der Waals surface area (Å²) in [6.45, 7) is 3.24. The van der Waals surface area contributed by atoms with Crippen LogP contribution in [0.25, 0.3) is 0 Å². The molecular weight excluding hydrogens is 336 g/mol. The lowest BCUT2D eigenvalue weighted by molar-refractivity contribution is 0.0863. The summed E-state index contributed by atoms with van der Waals surface area (Å²) in [6.07, 6.45) is 4.76. The standard InChI is InChI=1S/C17H24N6O3/c1-10(23-6-5-11(9-23)12-7-19-20(2)8-12)14(24)13-15(18)21(3)17(26)22(4)16(13)25/h7-8,10-11H,5-6,9,18H2,1-4H3. The van der Waals surface area contributed by atoms with Crippen molar-refractivity contribution in [3.63, 3.8) is 0 Å². The normalized spacial score (nSPS) is 19.0. The fourth-order valence-corrected chi connectivity index (χ4v) is 3.53. The third-order valence-corrected chi connectivity index (χ3v) is 5.30. The van der Waals surface area contributed by atoms with Crippen molar-refractivity contribution in [3.05, 3.63) is 44.4 Å². The van der Waals surface area contributed by atoms with E-state index in [1.165, 1.54) is 14.1 Å². The maximum absolute atomic E-state index is 13.0. The molecule has 0 bridgehead atoms. The fraction of sp³-hybridized carbons (Fsp3) is 0.529. The first-order valence-electron chi connectivity index (χ1n) is 8.54. The third kappa shape index (κ3) is 2.88. The quantitative estimate of drug-likeness (QED) is 0.734. The number of aromatic nitrogens is 4. The Morgan fingerprint density at radius 3 is 2.58 bits per heavy atom. The Balaban J connectivity index is 1.86. The van der Waals surface area contributed by atoms with Gasteiger partial charge in [-0.1, -0.05) is 0 Å². The summed E-state index contributed by atoms with van der Waals surface area (Å²) in [5.41, 5.74) is 5.74. The van der Waals surface area contributed by atoms with Gasteiger partial charge in [0.05, 0.1) is 12.2 Å². The number of nitrogens with two attached hydrogens (primary N) is 1. The minimum atomic E-state index is -0.648. The molecule has 0 aliphatic carbocycles. The van der Waals surface area contributed by atoms with Crippen LogP contribution in [0.5, 0.6) is 0 Å². The summed E-state index contributed by atoms with van der Waals surface area (Å²) in [5.74, 6) is -0.136. The molecule has 3 heterocycles. The number of hydrogen-bond acceptors (Lipinski definition) is 6. The van der Waals surface area contributed by atoms with Gasteiger partial charge in [0.1, 0.15) is 11.4 Å². The Hall–Kier alpha value is -2.68. The van der Waals surface area contributed by atoms with E-state index in [0.717, 1.165) is 27.7 Å². The van der Waals surface area contributed by atoms with Gasteiger partial charge in [0.2, 0.25) is 0 Å². The molecule has 140 valence electrons. The van der Waals surface area contributed by atoms with Crippen LogP contribution in [0, 0.1) is 0 Å². The Labute approximate surface area is 150 Å². The highest BCUT2D eigenvalue weighted by molar-refractivity contribution is 6.03. The zero-order valence-electron chi connectivity index (χ0n) is 15.5. The summed E-state index contributed by atoms with van der Waals surface area (Å²) in [4.78, 5) is 39.4. The summed E-state index contributed by atoms with van der Waals surface area (Å²) >= 11 is 0. The molecule has 9 heteroatoms. The van der Waals surface area contributed by atoms with E-state index >= 15 is 0 Å². The van der Waals surface area contributed by atoms with Crippen LogP contribution in [0.15, 0.2) is 22.0 Å². The predicted molar refractivity (Wildman–Crippen MR) is 97.3 cm³/mol. The van der Waals surface area contributed by atoms with Gasteiger partial charge in [-0.25, -0.2) is 4.79 Å². The van der Waals surface area contributed by atoms with Gasteiger partial charge in [0.15, 0.2) is 5.78 Å². The molecule has 1 fully saturated rings. The van der Waals surface area contributed by atoms with E-state index in [4.69, 9.17) is 5.73 Å². The van der Waals surface area contributed by atoms with Gasteiger partial charge in [-0.2, -0.15) is 5.10 Å². The molecule has 2 unspecified atom stereocenters. The predicted octanol–water partition coefficient (Wildman–Crippen LogP) is -0.540. The molecule has 1 saturated heterocycles. The molecular formula is C17H24N6O3. The number of aryl methyl sites for hydroxylation is 1. The highest BCUT2D eigenvalue weighted by Crippen LogP contribution is 2.28. The smallest absolute Gasteiger partial charge is 0.332 e. The van der Waals surface area contributed by atoms with Crippen molar-refractivity contribution in [2.75, 3.05) is 18.8 Å². The molecule has 0 spiro atoms. The zero-order chi connectivity index (χ0) is 19.2. The molecule has 2 aromatic rings. The molecule has 0 radical (unpaired) electrons. The number of anilines is 1. The van der Waals surface area contributed by atoms with Crippen molar-refractivity contribution in [2.45, 2.75) is 25.3 Å². The number of hydrogen-bond donors (Lipinski definition) is 1. The van der Waals surface area contributed by atoms with Crippen LogP contribution >= 0.6 is 0 Å². The molecule has 9 nitrogen and oxygen atoms in total. The number of Topliss-reactive ketones (excluding diaryl/α,β-unsaturated/α-hetero) is 1. The Kier molecular flexibility index (Phi) is 4.57. The minimum absolute atomic E-state index is 0.0852. The van der Waals surface area contributed by atoms with Crippen molar-refractivity contribution < 1.29 is 4.79 Å². The molecule has 2 N–H and O–H groups in total. The second kappa shape index (κ2) is 6.56. The van der Waals surface area contributed by atoms with E-state index in [0.29, 0.717) is 12.5 Å². The second-order valence-corrected chi connectivity index (χ2v) is 6.93. The molecule has 0 amide bonds. The molecule has 0 saturated carbocycles. The van der Waals surface area contributed by atoms with Crippen molar-refractivity contribution in [1.29, 1.82) is 0 Å². The van der Waals surface area contributed by atoms with Crippen molar-refractivity contribution in [1.82, 2.24) is 23.8 Å². The number of rotatable bonds is 4. The van der Waals surface area contributed by atoms with Crippen molar-refractivity contribution in [2.24, 2.45) is 21.1 Å². The first-order chi connectivity index (χ1) is 12.2. The summed E-state index contributed by atoms with van der Waals surface area (Å²) in [5, 5.41) is 4.20. The number of likely N-dealkylation sites (tertiary alicyclic amines) is 1. The monoisotopic (exact) mass is 360 g/mol. The Morgan fingerprint density at radius 2 is 1.96 bits per heavy atom. The number of ketones is 1. The fourth-order valence-electron chi connectivity index (χ4n) is 3.53. The van der Waals surface area contributed by atoms with Gasteiger partial charge >= 0.3 is 5.69 Å². The number of nitrogen functional groups attached to an aromatic ring is 1. The van der Waals surface area contributed by atoms with Crippen LogP contribution in [0.2, 0.25) is 0 Å². The van der Waals surface area contributed by atoms with E-state index in [9.17, 15) is 14.4 Å². The van der Waals surface area contributed by atoms with Crippen LogP contribution in [0.3, 0.4) is 0 Å². The number of carbonyl (C=O) groups is 1. The first-order valence-corrected chi connectivity index (χ1v) is 8.54. The topological polar surface area (TPSA) is 108 Å². The minimum Gasteiger partial charge on any atom is -0.384 e. The maximum Gasteiger partial charge on any atom is 0.332 e. The molecule has 2 aromatic heterocycles. The third-order valence-electron chi connectivity index (χ3n) is 5.30. The molecule has 26 heavy (non-hydrogen) atoms. The van der Waals surface area contributed by atoms with Crippen LogP contribution in [-0.2, 0) is 21.1 Å². The number of nitrogens with zero attached hydrogens (tertiary/aromatic N) is 5. The SMILES string of the molecule is CC(C(=O)c1c(N)n(C)c(=O)n(C)c1=O)N1CCC(c2cnn(C)c2)C1. The van der Waals surface area contributed by atoms with E-state index < -0.39 is 17.3 Å². The van der Waals surface area contributed by atoms with Gasteiger partial charge in [0.25, 0.3) is 5.56 Å². The Bertz CT molecular complexity index is 970. The number of carbonyl (C=O) groups excluding carboxylic acids is 1. The van der Waals surface area contributed by atoms with E-state index in [-0.39, 0.29) is 17.2 Å². The molecule has 2 atom stereocenters. The van der Waals surface area contributed by atoms with E-state index in [1.807, 2.05) is 24.3 Å². The Morgan fingerprint density at radius 1 is 1.27 bits per heavy atom. The molecule has 0 aromatic carbocycles. The van der Waals surface area contributed by atoms with Crippen LogP contribution < -0.4 is 17.0 Å². The van der Waals surface area contributed by atoms with Crippen molar-refractivity contribution >= 4 is 11.6 Å². The van der Waals surface area contributed by atoms with Gasteiger partial charge in [0, 0.05) is 39.8 Å². The molecule has 3 rings (SSSR count). The lowest BCUT2D eigenvalue weighted by Gasteiger charge is -2.23. The summed E-state index contributed by atoms with van der Waals surface area (Å²) < 4.78 is 3.81. The first kappa shape index (κ1) is 18.1. The van der Waals surface area contributed by atoms with Gasteiger partial charge in [-0.05, 0) is 25.5 Å². The lowest BCUT2D eigenvalue weighted by atomic mass is 10.0. The van der Waals surface area contributed by atoms with Gasteiger partial charge < -0.3 is 5.73 Å². The average Bonchev–Trinajstić information content (AvgIpc) is 3.26. The van der Waals surface area contributed by atoms with E-state index in [2.05, 4.69) is 5.10 Å². The molecule has 1 aliphatic heterocycles. The average molecular weight is 360 g/mol. The van der Waals surface area contributed by atoms with E-state index in [1.54, 1.807) is 11.6 Å². The zero-order valence-corrected chi connectivity index (χ0v) is 15.5. The van der Waals surface area contributed by atoms with Crippen molar-refractivity contribution in [3.8, 4) is 0 Å². The molecule has 1 aliphatic rings. The second-order valence-electron chi connectivity index (χ2n) is 6.93. The van der Waals surface area contributed by atoms with Crippen LogP contribution in [0.1, 0.15) is 35.2 Å². The lowest BCUT2D eigenvalue weighted by Crippen LogP contribution is -2.45. The van der Waals surface area contributed by atoms with Crippen LogP contribution in [0.4, 0.5) is 5.82 Å².